The fraction of sp³-hybridized carbons (Fsp3) is 0.319. The molecule has 0 aliphatic rings. The van der Waals surface area contributed by atoms with Gasteiger partial charge in [0.05, 0.1) is 0 Å². The Bertz CT molecular complexity index is 2520. The van der Waals surface area contributed by atoms with Gasteiger partial charge in [0.1, 0.15) is 36.0 Å². The van der Waals surface area contributed by atoms with Gasteiger partial charge in [-0.15, -0.1) is 0 Å². The maximum absolute atomic E-state index is 14.7. The average Bonchev–Trinajstić information content (AvgIpc) is 3.26. The maximum Gasteiger partial charge on any atom is 0.524 e. The van der Waals surface area contributed by atoms with Gasteiger partial charge in [-0.1, -0.05) is 111 Å². The number of aliphatic carboxylic acids is 1. The standard InChI is InChI=1S/C47H54N5O11PS/c1-29(2)22-39(49-43(54)38(48-28-53)20-21-65-3)44(55)50-40(26-31-12-16-33-8-4-6-10-35(33)23-31)45(56)51-41(27-32-13-17-34-9-5-7-11-36(34)24-32)46(57)52-42(47(58)59)25-30-14-18-37(19-15-30)63-64(60,61)62/h4-19,23-24,28-29,38-42H,20-22,25-27H2,1-3H3,(H,48,53)(H,49,54)(H,50,55)(H,51,56)(H,52,57)(H,58,59)(H2,60,61,62). The van der Waals surface area contributed by atoms with Crippen molar-refractivity contribution in [2.75, 3.05) is 12.0 Å². The van der Waals surface area contributed by atoms with Crippen LogP contribution in [-0.2, 0) is 52.6 Å². The molecular formula is C47H54N5O11PS. The summed E-state index contributed by atoms with van der Waals surface area (Å²) in [4.78, 5) is 98.9. The van der Waals surface area contributed by atoms with E-state index in [1.807, 2.05) is 99.0 Å². The number of amides is 5. The number of carboxylic acids is 1. The maximum atomic E-state index is 14.7. The number of rotatable bonds is 24. The number of fused-ring (bicyclic) bond motifs is 2. The van der Waals surface area contributed by atoms with Crippen LogP contribution in [0.2, 0.25) is 0 Å². The van der Waals surface area contributed by atoms with Crippen molar-refractivity contribution in [2.24, 2.45) is 5.92 Å². The molecule has 5 aromatic rings. The lowest BCUT2D eigenvalue weighted by Gasteiger charge is -2.27. The second-order valence-corrected chi connectivity index (χ2v) is 18.2. The van der Waals surface area contributed by atoms with E-state index in [1.165, 1.54) is 36.0 Å². The van der Waals surface area contributed by atoms with Gasteiger partial charge in [-0.2, -0.15) is 11.8 Å². The van der Waals surface area contributed by atoms with Crippen LogP contribution in [0.5, 0.6) is 5.75 Å². The highest BCUT2D eigenvalue weighted by Gasteiger charge is 2.33. The molecule has 18 heteroatoms. The highest BCUT2D eigenvalue weighted by atomic mass is 32.2. The first kappa shape index (κ1) is 49.8. The number of benzene rings is 5. The number of hydrogen-bond acceptors (Lipinski definition) is 9. The fourth-order valence-electron chi connectivity index (χ4n) is 7.28. The molecule has 0 fully saturated rings. The molecule has 65 heavy (non-hydrogen) atoms. The van der Waals surface area contributed by atoms with Gasteiger partial charge in [0.15, 0.2) is 0 Å². The second-order valence-electron chi connectivity index (χ2n) is 16.0. The summed E-state index contributed by atoms with van der Waals surface area (Å²) >= 11 is 1.49. The Morgan fingerprint density at radius 1 is 0.615 bits per heavy atom. The third-order valence-corrected chi connectivity index (χ3v) is 11.6. The summed E-state index contributed by atoms with van der Waals surface area (Å²) in [7, 11) is -4.84. The van der Waals surface area contributed by atoms with E-state index >= 15 is 0 Å². The highest BCUT2D eigenvalue weighted by Crippen LogP contribution is 2.37. The molecule has 16 nitrogen and oxygen atoms in total. The number of carboxylic acid groups (broad SMARTS) is 1. The molecule has 0 aromatic heterocycles. The number of carbonyl (C=O) groups is 6. The molecule has 5 unspecified atom stereocenters. The second kappa shape index (κ2) is 23.6. The SMILES string of the molecule is CSCCC(NC=O)C(=O)NC(CC(C)C)C(=O)NC(Cc1ccc2ccccc2c1)C(=O)NC(Cc1ccc2ccccc2c1)C(=O)NC(Cc1ccc(OP(=O)(O)O)cc1)C(=O)O. The Balaban J connectivity index is 1.46. The summed E-state index contributed by atoms with van der Waals surface area (Å²) < 4.78 is 15.9. The van der Waals surface area contributed by atoms with Crippen molar-refractivity contribution in [3.63, 3.8) is 0 Å². The zero-order chi connectivity index (χ0) is 47.1. The van der Waals surface area contributed by atoms with Crippen molar-refractivity contribution in [3.8, 4) is 5.75 Å². The molecule has 0 bridgehead atoms. The van der Waals surface area contributed by atoms with Gasteiger partial charge in [-0.3, -0.25) is 33.8 Å². The Labute approximate surface area is 380 Å². The predicted molar refractivity (Wildman–Crippen MR) is 249 cm³/mol. The van der Waals surface area contributed by atoms with Crippen LogP contribution in [0.15, 0.2) is 109 Å². The molecule has 5 amide bonds. The summed E-state index contributed by atoms with van der Waals surface area (Å²) in [6.07, 6.45) is 2.46. The lowest BCUT2D eigenvalue weighted by atomic mass is 9.98. The highest BCUT2D eigenvalue weighted by molar-refractivity contribution is 7.98. The van der Waals surface area contributed by atoms with Crippen molar-refractivity contribution in [2.45, 2.75) is 76.2 Å². The van der Waals surface area contributed by atoms with E-state index in [1.54, 1.807) is 6.07 Å². The zero-order valence-corrected chi connectivity index (χ0v) is 37.9. The van der Waals surface area contributed by atoms with Crippen molar-refractivity contribution in [3.05, 3.63) is 126 Å². The molecule has 0 saturated heterocycles. The Morgan fingerprint density at radius 2 is 1.05 bits per heavy atom. The van der Waals surface area contributed by atoms with Crippen LogP contribution in [0, 0.1) is 5.92 Å². The number of phosphoric acid groups is 1. The van der Waals surface area contributed by atoms with Crippen LogP contribution < -0.4 is 31.1 Å². The third-order valence-electron chi connectivity index (χ3n) is 10.5. The summed E-state index contributed by atoms with van der Waals surface area (Å²) in [5.74, 6) is -3.86. The van der Waals surface area contributed by atoms with Crippen LogP contribution in [-0.4, -0.2) is 93.1 Å². The smallest absolute Gasteiger partial charge is 0.480 e. The van der Waals surface area contributed by atoms with Gasteiger partial charge in [-0.05, 0) is 81.1 Å². The molecule has 5 aromatic carbocycles. The average molecular weight is 928 g/mol. The molecule has 5 rings (SSSR count). The van der Waals surface area contributed by atoms with Crippen molar-refractivity contribution < 1.29 is 52.7 Å². The van der Waals surface area contributed by atoms with Gasteiger partial charge in [0, 0.05) is 19.3 Å². The minimum Gasteiger partial charge on any atom is -0.480 e. The van der Waals surface area contributed by atoms with E-state index in [-0.39, 0.29) is 37.4 Å². The molecule has 0 aliphatic carbocycles. The minimum absolute atomic E-state index is 0.0302. The minimum atomic E-state index is -4.84. The monoisotopic (exact) mass is 927 g/mol. The Hall–Kier alpha value is -6.26. The molecule has 0 heterocycles. The lowest BCUT2D eigenvalue weighted by molar-refractivity contribution is -0.142. The van der Waals surface area contributed by atoms with Gasteiger partial charge in [-0.25, -0.2) is 9.36 Å². The Morgan fingerprint density at radius 3 is 1.51 bits per heavy atom. The first-order valence-corrected chi connectivity index (χ1v) is 23.9. The van der Waals surface area contributed by atoms with Crippen LogP contribution in [0.4, 0.5) is 0 Å². The van der Waals surface area contributed by atoms with E-state index in [2.05, 4.69) is 31.1 Å². The van der Waals surface area contributed by atoms with E-state index in [9.17, 15) is 38.4 Å². The molecule has 0 spiro atoms. The third kappa shape index (κ3) is 15.5. The largest absolute Gasteiger partial charge is 0.524 e. The first-order chi connectivity index (χ1) is 31.0. The molecule has 8 N–H and O–H groups in total. The molecular weight excluding hydrogens is 874 g/mol. The normalized spacial score (nSPS) is 13.8. The number of hydrogen-bond donors (Lipinski definition) is 8. The molecule has 0 aliphatic heterocycles. The van der Waals surface area contributed by atoms with Crippen LogP contribution in [0.1, 0.15) is 43.4 Å². The summed E-state index contributed by atoms with van der Waals surface area (Å²) in [5.41, 5.74) is 1.72. The number of nitrogens with one attached hydrogen (secondary N) is 5. The van der Waals surface area contributed by atoms with Gasteiger partial charge >= 0.3 is 13.8 Å². The van der Waals surface area contributed by atoms with Gasteiger partial charge in [0.2, 0.25) is 30.0 Å². The summed E-state index contributed by atoms with van der Waals surface area (Å²) in [5, 5.41) is 27.4. The van der Waals surface area contributed by atoms with E-state index < -0.39 is 67.6 Å². The van der Waals surface area contributed by atoms with E-state index in [0.29, 0.717) is 35.3 Å². The quantitative estimate of drug-likeness (QED) is 0.0316. The number of thioether (sulfide) groups is 1. The fourth-order valence-corrected chi connectivity index (χ4v) is 8.15. The zero-order valence-electron chi connectivity index (χ0n) is 36.1. The van der Waals surface area contributed by atoms with Crippen molar-refractivity contribution in [1.82, 2.24) is 26.6 Å². The lowest BCUT2D eigenvalue weighted by Crippen LogP contribution is -2.59. The van der Waals surface area contributed by atoms with E-state index in [4.69, 9.17) is 9.79 Å². The predicted octanol–water partition coefficient (Wildman–Crippen LogP) is 4.43. The summed E-state index contributed by atoms with van der Waals surface area (Å²) in [6.45, 7) is 3.74. The molecule has 5 atom stereocenters. The molecule has 0 saturated carbocycles. The molecule has 0 radical (unpaired) electrons. The van der Waals surface area contributed by atoms with Crippen molar-refractivity contribution in [1.29, 1.82) is 0 Å². The van der Waals surface area contributed by atoms with Crippen LogP contribution in [0.25, 0.3) is 21.5 Å². The van der Waals surface area contributed by atoms with Crippen LogP contribution in [0.3, 0.4) is 0 Å². The van der Waals surface area contributed by atoms with E-state index in [0.717, 1.165) is 21.5 Å². The van der Waals surface area contributed by atoms with Crippen molar-refractivity contribution >= 4 is 77.1 Å². The Kier molecular flexibility index (Phi) is 18.1. The van der Waals surface area contributed by atoms with Crippen LogP contribution >= 0.6 is 19.6 Å². The van der Waals surface area contributed by atoms with Gasteiger partial charge < -0.3 is 36.2 Å². The number of phosphoric ester groups is 1. The summed E-state index contributed by atoms with van der Waals surface area (Å²) in [6, 6.07) is 25.4. The topological polar surface area (TPSA) is 250 Å². The van der Waals surface area contributed by atoms with Gasteiger partial charge in [0.25, 0.3) is 0 Å². The number of carbonyl (C=O) groups excluding carboxylic acids is 5. The first-order valence-electron chi connectivity index (χ1n) is 20.9. The molecule has 344 valence electrons.